The van der Waals surface area contributed by atoms with E-state index in [1.165, 1.54) is 6.08 Å². The highest BCUT2D eigenvalue weighted by atomic mass is 16.5. The van der Waals surface area contributed by atoms with Gasteiger partial charge in [0.25, 0.3) is 0 Å². The second-order valence-electron chi connectivity index (χ2n) is 6.53. The standard InChI is InChI=1S/C20H24O4/c1-5-23-19(22)10-14(2)6-7-15-12-20(3,4)13-24-18-9-8-16(21)11-17(15)18/h6-12,21H,5,13H2,1-4H3. The molecule has 0 bridgehead atoms. The number of hydrogen-bond acceptors (Lipinski definition) is 4. The van der Waals surface area contributed by atoms with Crippen molar-refractivity contribution in [2.45, 2.75) is 27.7 Å². The van der Waals surface area contributed by atoms with E-state index < -0.39 is 0 Å². The number of benzene rings is 1. The monoisotopic (exact) mass is 328 g/mol. The minimum absolute atomic E-state index is 0.146. The highest BCUT2D eigenvalue weighted by Crippen LogP contribution is 2.37. The van der Waals surface area contributed by atoms with Gasteiger partial charge in [-0.15, -0.1) is 0 Å². The van der Waals surface area contributed by atoms with Crippen LogP contribution in [0, 0.1) is 5.41 Å². The topological polar surface area (TPSA) is 55.8 Å². The van der Waals surface area contributed by atoms with Crippen LogP contribution in [-0.2, 0) is 9.53 Å². The van der Waals surface area contributed by atoms with Crippen LogP contribution in [0.3, 0.4) is 0 Å². The molecule has 0 saturated carbocycles. The van der Waals surface area contributed by atoms with Crippen molar-refractivity contribution in [1.82, 2.24) is 0 Å². The van der Waals surface area contributed by atoms with Gasteiger partial charge in [0.05, 0.1) is 13.2 Å². The molecule has 4 nitrogen and oxygen atoms in total. The van der Waals surface area contributed by atoms with Gasteiger partial charge in [-0.1, -0.05) is 32.1 Å². The van der Waals surface area contributed by atoms with Crippen LogP contribution in [0.5, 0.6) is 11.5 Å². The van der Waals surface area contributed by atoms with E-state index >= 15 is 0 Å². The molecule has 1 aromatic rings. The Labute approximate surface area is 143 Å². The number of ether oxygens (including phenoxy) is 2. The van der Waals surface area contributed by atoms with Gasteiger partial charge in [-0.3, -0.25) is 0 Å². The van der Waals surface area contributed by atoms with Crippen LogP contribution in [0.15, 0.2) is 48.1 Å². The van der Waals surface area contributed by atoms with Crippen molar-refractivity contribution in [3.05, 3.63) is 53.6 Å². The molecule has 0 aliphatic carbocycles. The van der Waals surface area contributed by atoms with Crippen molar-refractivity contribution in [3.63, 3.8) is 0 Å². The molecule has 1 N–H and O–H groups in total. The Kier molecular flexibility index (Phi) is 5.50. The van der Waals surface area contributed by atoms with Crippen LogP contribution >= 0.6 is 0 Å². The fourth-order valence-electron chi connectivity index (χ4n) is 2.45. The number of aromatic hydroxyl groups is 1. The predicted octanol–water partition coefficient (Wildman–Crippen LogP) is 4.26. The Balaban J connectivity index is 2.36. The molecule has 0 spiro atoms. The summed E-state index contributed by atoms with van der Waals surface area (Å²) in [5, 5.41) is 9.80. The maximum absolute atomic E-state index is 11.5. The molecule has 128 valence electrons. The SMILES string of the molecule is CCOC(=O)C=C(C)C=CC1=CC(C)(C)COc2ccc(O)cc21. The molecule has 24 heavy (non-hydrogen) atoms. The minimum Gasteiger partial charge on any atom is -0.508 e. The van der Waals surface area contributed by atoms with Gasteiger partial charge in [0.15, 0.2) is 0 Å². The Hall–Kier alpha value is -2.49. The molecule has 0 saturated heterocycles. The zero-order valence-electron chi connectivity index (χ0n) is 14.6. The third kappa shape index (κ3) is 4.75. The summed E-state index contributed by atoms with van der Waals surface area (Å²) in [6.07, 6.45) is 7.37. The van der Waals surface area contributed by atoms with E-state index in [9.17, 15) is 9.90 Å². The molecule has 2 rings (SSSR count). The van der Waals surface area contributed by atoms with Crippen molar-refractivity contribution < 1.29 is 19.4 Å². The molecule has 0 atom stereocenters. The predicted molar refractivity (Wildman–Crippen MR) is 94.9 cm³/mol. The van der Waals surface area contributed by atoms with Crippen molar-refractivity contribution in [2.75, 3.05) is 13.2 Å². The van der Waals surface area contributed by atoms with Gasteiger partial charge in [0, 0.05) is 17.1 Å². The largest absolute Gasteiger partial charge is 0.508 e. The van der Waals surface area contributed by atoms with E-state index in [-0.39, 0.29) is 17.1 Å². The van der Waals surface area contributed by atoms with E-state index in [2.05, 4.69) is 19.9 Å². The third-order valence-electron chi connectivity index (χ3n) is 3.58. The molecule has 0 fully saturated rings. The number of allylic oxidation sites excluding steroid dienone is 4. The molecule has 1 aliphatic rings. The number of hydrogen-bond donors (Lipinski definition) is 1. The van der Waals surface area contributed by atoms with Gasteiger partial charge < -0.3 is 14.6 Å². The minimum atomic E-state index is -0.351. The molecule has 0 amide bonds. The number of esters is 1. The summed E-state index contributed by atoms with van der Waals surface area (Å²) in [5.74, 6) is 0.577. The molecule has 1 aromatic carbocycles. The highest BCUT2D eigenvalue weighted by molar-refractivity contribution is 5.84. The lowest BCUT2D eigenvalue weighted by Gasteiger charge is -2.18. The van der Waals surface area contributed by atoms with Crippen LogP contribution in [-0.4, -0.2) is 24.3 Å². The third-order valence-corrected chi connectivity index (χ3v) is 3.58. The fourth-order valence-corrected chi connectivity index (χ4v) is 2.45. The first-order valence-corrected chi connectivity index (χ1v) is 8.03. The first-order chi connectivity index (χ1) is 11.3. The Morgan fingerprint density at radius 2 is 2.17 bits per heavy atom. The number of rotatable bonds is 4. The normalized spacial score (nSPS) is 16.8. The summed E-state index contributed by atoms with van der Waals surface area (Å²) in [6.45, 7) is 8.71. The number of fused-ring (bicyclic) bond motifs is 1. The zero-order valence-corrected chi connectivity index (χ0v) is 14.6. The number of carbonyl (C=O) groups excluding carboxylic acids is 1. The average molecular weight is 328 g/mol. The van der Waals surface area contributed by atoms with E-state index in [0.717, 1.165) is 22.5 Å². The fraction of sp³-hybridized carbons (Fsp3) is 0.350. The van der Waals surface area contributed by atoms with Crippen LogP contribution in [0.4, 0.5) is 0 Å². The molecule has 0 radical (unpaired) electrons. The smallest absolute Gasteiger partial charge is 0.330 e. The van der Waals surface area contributed by atoms with Gasteiger partial charge in [0.2, 0.25) is 0 Å². The van der Waals surface area contributed by atoms with Gasteiger partial charge in [-0.05, 0) is 43.2 Å². The lowest BCUT2D eigenvalue weighted by atomic mass is 9.90. The van der Waals surface area contributed by atoms with E-state index in [1.54, 1.807) is 25.1 Å². The van der Waals surface area contributed by atoms with Crippen molar-refractivity contribution in [3.8, 4) is 11.5 Å². The maximum atomic E-state index is 11.5. The summed E-state index contributed by atoms with van der Waals surface area (Å²) >= 11 is 0. The summed E-state index contributed by atoms with van der Waals surface area (Å²) in [5.41, 5.74) is 2.42. The van der Waals surface area contributed by atoms with Gasteiger partial charge in [-0.2, -0.15) is 0 Å². The van der Waals surface area contributed by atoms with E-state index in [4.69, 9.17) is 9.47 Å². The number of carbonyl (C=O) groups is 1. The average Bonchev–Trinajstić information content (AvgIpc) is 2.62. The lowest BCUT2D eigenvalue weighted by molar-refractivity contribution is -0.137. The van der Waals surface area contributed by atoms with Crippen LogP contribution in [0.25, 0.3) is 5.57 Å². The zero-order chi connectivity index (χ0) is 17.7. The molecular formula is C20H24O4. The van der Waals surface area contributed by atoms with Gasteiger partial charge >= 0.3 is 5.97 Å². The Bertz CT molecular complexity index is 708. The maximum Gasteiger partial charge on any atom is 0.330 e. The molecule has 0 aromatic heterocycles. The Morgan fingerprint density at radius 3 is 2.88 bits per heavy atom. The number of phenolic OH excluding ortho intramolecular Hbond substituents is 1. The molecule has 4 heteroatoms. The summed E-state index contributed by atoms with van der Waals surface area (Å²) < 4.78 is 10.8. The van der Waals surface area contributed by atoms with Crippen LogP contribution in [0.1, 0.15) is 33.3 Å². The first kappa shape index (κ1) is 17.9. The van der Waals surface area contributed by atoms with Gasteiger partial charge in [0.1, 0.15) is 11.5 Å². The summed E-state index contributed by atoms with van der Waals surface area (Å²) in [6, 6.07) is 5.08. The van der Waals surface area contributed by atoms with E-state index in [0.29, 0.717) is 13.2 Å². The van der Waals surface area contributed by atoms with Crippen molar-refractivity contribution in [2.24, 2.45) is 5.41 Å². The molecule has 1 heterocycles. The second-order valence-corrected chi connectivity index (χ2v) is 6.53. The van der Waals surface area contributed by atoms with Crippen LogP contribution < -0.4 is 4.74 Å². The lowest BCUT2D eigenvalue weighted by Crippen LogP contribution is -2.17. The second kappa shape index (κ2) is 7.39. The summed E-state index contributed by atoms with van der Waals surface area (Å²) in [7, 11) is 0. The van der Waals surface area contributed by atoms with Gasteiger partial charge in [-0.25, -0.2) is 4.79 Å². The van der Waals surface area contributed by atoms with Crippen molar-refractivity contribution >= 4 is 11.5 Å². The Morgan fingerprint density at radius 1 is 1.42 bits per heavy atom. The van der Waals surface area contributed by atoms with E-state index in [1.807, 2.05) is 19.1 Å². The quantitative estimate of drug-likeness (QED) is 0.510. The van der Waals surface area contributed by atoms with Crippen molar-refractivity contribution in [1.29, 1.82) is 0 Å². The first-order valence-electron chi connectivity index (χ1n) is 8.03. The highest BCUT2D eigenvalue weighted by Gasteiger charge is 2.23. The van der Waals surface area contributed by atoms with Crippen LogP contribution in [0.2, 0.25) is 0 Å². The molecule has 0 unspecified atom stereocenters. The summed E-state index contributed by atoms with van der Waals surface area (Å²) in [4.78, 5) is 11.5. The molecular weight excluding hydrogens is 304 g/mol. The molecule has 1 aliphatic heterocycles. The number of phenols is 1.